The summed E-state index contributed by atoms with van der Waals surface area (Å²) in [6, 6.07) is 9.65. The van der Waals surface area contributed by atoms with Gasteiger partial charge in [-0.15, -0.1) is 0 Å². The van der Waals surface area contributed by atoms with Crippen LogP contribution in [0.5, 0.6) is 17.2 Å². The molecule has 0 aliphatic carbocycles. The van der Waals surface area contributed by atoms with Gasteiger partial charge in [0.15, 0.2) is 17.8 Å². The van der Waals surface area contributed by atoms with Crippen molar-refractivity contribution in [1.29, 1.82) is 0 Å². The number of aliphatic hydroxyl groups is 6. The highest BCUT2D eigenvalue weighted by molar-refractivity contribution is 5.84. The Labute approximate surface area is 238 Å². The molecule has 1 aromatic heterocycles. The Hall–Kier alpha value is -3.31. The third-order valence-electron chi connectivity index (χ3n) is 7.38. The van der Waals surface area contributed by atoms with Gasteiger partial charge in [-0.25, -0.2) is 0 Å². The zero-order chi connectivity index (χ0) is 30.2. The molecule has 6 N–H and O–H groups in total. The fraction of sp³-hybridized carbons (Fsp3) is 0.464. The van der Waals surface area contributed by atoms with Gasteiger partial charge in [-0.05, 0) is 23.8 Å². The van der Waals surface area contributed by atoms with E-state index in [2.05, 4.69) is 0 Å². The Morgan fingerprint density at radius 3 is 2.33 bits per heavy atom. The van der Waals surface area contributed by atoms with E-state index in [0.717, 1.165) is 0 Å². The normalized spacial score (nSPS) is 31.3. The van der Waals surface area contributed by atoms with Crippen LogP contribution in [-0.4, -0.2) is 113 Å². The molecule has 3 aromatic rings. The van der Waals surface area contributed by atoms with Crippen LogP contribution in [0, 0.1) is 0 Å². The lowest BCUT2D eigenvalue weighted by Gasteiger charge is -2.40. The monoisotopic (exact) mass is 592 g/mol. The van der Waals surface area contributed by atoms with Gasteiger partial charge in [-0.2, -0.15) is 0 Å². The third-order valence-corrected chi connectivity index (χ3v) is 7.38. The number of rotatable bonds is 9. The molecule has 0 spiro atoms. The van der Waals surface area contributed by atoms with Crippen LogP contribution in [-0.2, 0) is 14.2 Å². The summed E-state index contributed by atoms with van der Waals surface area (Å²) in [4.78, 5) is 13.3. The van der Waals surface area contributed by atoms with Crippen LogP contribution in [0.25, 0.3) is 22.1 Å². The average Bonchev–Trinajstić information content (AvgIpc) is 3.30. The summed E-state index contributed by atoms with van der Waals surface area (Å²) >= 11 is 0. The van der Waals surface area contributed by atoms with Gasteiger partial charge in [0.05, 0.1) is 45.0 Å². The van der Waals surface area contributed by atoms with Crippen molar-refractivity contribution in [1.82, 2.24) is 0 Å². The summed E-state index contributed by atoms with van der Waals surface area (Å²) in [6.45, 7) is -1.62. The minimum Gasteiger partial charge on any atom is -0.497 e. The van der Waals surface area contributed by atoms with Crippen molar-refractivity contribution in [2.75, 3.05) is 34.0 Å². The van der Waals surface area contributed by atoms with Crippen LogP contribution in [0.15, 0.2) is 51.9 Å². The second-order valence-electron chi connectivity index (χ2n) is 10.1. The van der Waals surface area contributed by atoms with E-state index in [0.29, 0.717) is 16.9 Å². The van der Waals surface area contributed by atoms with Crippen LogP contribution in [0.1, 0.15) is 0 Å². The molecule has 2 fully saturated rings. The van der Waals surface area contributed by atoms with E-state index in [1.807, 2.05) is 0 Å². The van der Waals surface area contributed by atoms with Crippen molar-refractivity contribution in [2.45, 2.75) is 48.7 Å². The lowest BCUT2D eigenvalue weighted by molar-refractivity contribution is -0.289. The van der Waals surface area contributed by atoms with E-state index in [1.54, 1.807) is 24.3 Å². The Kier molecular flexibility index (Phi) is 8.71. The molecule has 228 valence electrons. The minimum atomic E-state index is -1.92. The van der Waals surface area contributed by atoms with Crippen molar-refractivity contribution in [3.63, 3.8) is 0 Å². The van der Waals surface area contributed by atoms with Gasteiger partial charge in [-0.1, -0.05) is 12.1 Å². The van der Waals surface area contributed by atoms with E-state index in [1.165, 1.54) is 32.6 Å². The van der Waals surface area contributed by atoms with E-state index in [4.69, 9.17) is 32.8 Å². The maximum absolute atomic E-state index is 13.3. The van der Waals surface area contributed by atoms with Crippen LogP contribution in [0.3, 0.4) is 0 Å². The van der Waals surface area contributed by atoms with Crippen LogP contribution < -0.4 is 19.6 Å². The molecule has 2 aliphatic rings. The fourth-order valence-electron chi connectivity index (χ4n) is 4.76. The molecule has 42 heavy (non-hydrogen) atoms. The molecule has 3 heterocycles. The van der Waals surface area contributed by atoms with Crippen molar-refractivity contribution >= 4 is 11.0 Å². The highest BCUT2D eigenvalue weighted by Gasteiger charge is 2.50. The molecule has 2 saturated heterocycles. The van der Waals surface area contributed by atoms with Gasteiger partial charge < -0.3 is 63.5 Å². The molecule has 2 aromatic carbocycles. The lowest BCUT2D eigenvalue weighted by atomic mass is 9.99. The predicted octanol–water partition coefficient (Wildman–Crippen LogP) is -0.879. The smallest absolute Gasteiger partial charge is 0.229 e. The molecule has 0 amide bonds. The standard InChI is InChI=1S/C28H32O14/c1-36-14-5-3-13(4-6-14)16-9-38-17-8-19(18(37-2)7-15(17)21(16)30)41-26-24(33)23(32)22(31)20(42-26)10-39-27-25(34)28(35,11-29)12-40-27/h3-9,20,22-27,29,31-35H,10-12H2,1-2H3/t20-,22-,23+,24-,25+,26-,27-,28-/m1/s1. The Bertz CT molecular complexity index is 1440. The molecular weight excluding hydrogens is 560 g/mol. The zero-order valence-electron chi connectivity index (χ0n) is 22.7. The van der Waals surface area contributed by atoms with Gasteiger partial charge in [0, 0.05) is 6.07 Å². The highest BCUT2D eigenvalue weighted by atomic mass is 16.7. The number of hydrogen-bond donors (Lipinski definition) is 6. The van der Waals surface area contributed by atoms with E-state index in [-0.39, 0.29) is 27.9 Å². The number of benzene rings is 2. The zero-order valence-corrected chi connectivity index (χ0v) is 22.7. The number of methoxy groups -OCH3 is 2. The Morgan fingerprint density at radius 2 is 1.69 bits per heavy atom. The van der Waals surface area contributed by atoms with Crippen LogP contribution in [0.2, 0.25) is 0 Å². The molecule has 14 nitrogen and oxygen atoms in total. The molecule has 0 radical (unpaired) electrons. The first-order chi connectivity index (χ1) is 20.1. The molecule has 14 heteroatoms. The predicted molar refractivity (Wildman–Crippen MR) is 142 cm³/mol. The number of aliphatic hydroxyl groups excluding tert-OH is 5. The topological polar surface area (TPSA) is 207 Å². The SMILES string of the molecule is COc1ccc(-c2coc3cc(O[C@@H]4O[C@H](CO[C@@H]5OC[C@](O)(CO)[C@H]5O)[C@@H](O)[C@H](O)[C@H]4O)c(OC)cc3c2=O)cc1. The summed E-state index contributed by atoms with van der Waals surface area (Å²) < 4.78 is 38.4. The van der Waals surface area contributed by atoms with E-state index >= 15 is 0 Å². The van der Waals surface area contributed by atoms with Crippen molar-refractivity contribution in [3.8, 4) is 28.4 Å². The fourth-order valence-corrected chi connectivity index (χ4v) is 4.76. The Morgan fingerprint density at radius 1 is 0.952 bits per heavy atom. The van der Waals surface area contributed by atoms with Gasteiger partial charge in [-0.3, -0.25) is 4.79 Å². The summed E-state index contributed by atoms with van der Waals surface area (Å²) in [5, 5.41) is 61.3. The summed E-state index contributed by atoms with van der Waals surface area (Å²) in [6.07, 6.45) is -9.52. The Balaban J connectivity index is 1.36. The van der Waals surface area contributed by atoms with Crippen LogP contribution >= 0.6 is 0 Å². The van der Waals surface area contributed by atoms with Crippen LogP contribution in [0.4, 0.5) is 0 Å². The maximum atomic E-state index is 13.3. The maximum Gasteiger partial charge on any atom is 0.229 e. The quantitative estimate of drug-likeness (QED) is 0.178. The van der Waals surface area contributed by atoms with Crippen molar-refractivity contribution in [3.05, 3.63) is 52.9 Å². The second kappa shape index (κ2) is 12.1. The van der Waals surface area contributed by atoms with Gasteiger partial charge >= 0.3 is 0 Å². The molecule has 0 saturated carbocycles. The number of fused-ring (bicyclic) bond motifs is 1. The molecule has 5 rings (SSSR count). The minimum absolute atomic E-state index is 0.000198. The first-order valence-corrected chi connectivity index (χ1v) is 13.0. The third kappa shape index (κ3) is 5.56. The van der Waals surface area contributed by atoms with E-state index in [9.17, 15) is 35.4 Å². The molecule has 2 aliphatic heterocycles. The summed E-state index contributed by atoms with van der Waals surface area (Å²) in [5.41, 5.74) is -1.19. The average molecular weight is 593 g/mol. The number of hydrogen-bond acceptors (Lipinski definition) is 14. The molecule has 0 bridgehead atoms. The number of ether oxygens (including phenoxy) is 6. The van der Waals surface area contributed by atoms with Crippen molar-refractivity contribution < 1.29 is 63.5 Å². The molecule has 8 atom stereocenters. The summed E-state index contributed by atoms with van der Waals surface area (Å²) in [5.74, 6) is 0.723. The second-order valence-corrected chi connectivity index (χ2v) is 10.1. The van der Waals surface area contributed by atoms with Gasteiger partial charge in [0.25, 0.3) is 0 Å². The van der Waals surface area contributed by atoms with E-state index < -0.39 is 68.5 Å². The summed E-state index contributed by atoms with van der Waals surface area (Å²) in [7, 11) is 2.88. The first kappa shape index (κ1) is 30.2. The van der Waals surface area contributed by atoms with Gasteiger partial charge in [0.2, 0.25) is 11.7 Å². The van der Waals surface area contributed by atoms with Crippen molar-refractivity contribution in [2.24, 2.45) is 0 Å². The molecular formula is C28H32O14. The lowest BCUT2D eigenvalue weighted by Crippen LogP contribution is -2.60. The largest absolute Gasteiger partial charge is 0.497 e. The molecule has 0 unspecified atom stereocenters. The van der Waals surface area contributed by atoms with Gasteiger partial charge in [0.1, 0.15) is 53.7 Å². The first-order valence-electron chi connectivity index (χ1n) is 13.0. The highest BCUT2D eigenvalue weighted by Crippen LogP contribution is 2.35.